The summed E-state index contributed by atoms with van der Waals surface area (Å²) < 4.78 is 1.68. The molecule has 0 aliphatic carbocycles. The van der Waals surface area contributed by atoms with Crippen LogP contribution in [0.5, 0.6) is 5.75 Å². The molecule has 0 saturated heterocycles. The summed E-state index contributed by atoms with van der Waals surface area (Å²) in [6.07, 6.45) is 2.73. The summed E-state index contributed by atoms with van der Waals surface area (Å²) in [5.74, 6) is 0.263. The van der Waals surface area contributed by atoms with Gasteiger partial charge in [0.05, 0.1) is 5.69 Å². The number of para-hydroxylation sites is 1. The van der Waals surface area contributed by atoms with Crippen LogP contribution in [0.1, 0.15) is 0 Å². The molecule has 0 amide bonds. The minimum atomic E-state index is 0.263. The fourth-order valence-electron chi connectivity index (χ4n) is 1.27. The maximum Gasteiger partial charge on any atom is 0.124 e. The molecule has 0 spiro atoms. The predicted molar refractivity (Wildman–Crippen MR) is 49.1 cm³/mol. The molecule has 13 heavy (non-hydrogen) atoms. The largest absolute Gasteiger partial charge is 0.507 e. The number of phenolic OH excluding ortho intramolecular Hbond substituents is 1. The second-order valence-corrected chi connectivity index (χ2v) is 2.80. The van der Waals surface area contributed by atoms with Gasteiger partial charge in [-0.05, 0) is 18.2 Å². The monoisotopic (exact) mass is 173 g/mol. The number of hydrogen-bond acceptors (Lipinski definition) is 2. The van der Waals surface area contributed by atoms with Crippen molar-refractivity contribution in [1.29, 1.82) is 0 Å². The Hall–Kier alpha value is -1.77. The Balaban J connectivity index is 2.59. The van der Waals surface area contributed by atoms with E-state index in [2.05, 4.69) is 11.3 Å². The number of aromatic hydroxyl groups is 1. The maximum atomic E-state index is 9.55. The molecule has 2 rings (SSSR count). The van der Waals surface area contributed by atoms with E-state index in [-0.39, 0.29) is 5.75 Å². The number of benzene rings is 1. The van der Waals surface area contributed by atoms with Crippen LogP contribution in [0.2, 0.25) is 0 Å². The van der Waals surface area contributed by atoms with E-state index in [4.69, 9.17) is 0 Å². The van der Waals surface area contributed by atoms with Gasteiger partial charge < -0.3 is 5.11 Å². The van der Waals surface area contributed by atoms with Crippen LogP contribution >= 0.6 is 0 Å². The molecule has 0 aliphatic heterocycles. The van der Waals surface area contributed by atoms with Gasteiger partial charge in [0.2, 0.25) is 0 Å². The summed E-state index contributed by atoms with van der Waals surface area (Å²) in [6, 6.07) is 8.92. The third-order valence-electron chi connectivity index (χ3n) is 1.94. The average molecular weight is 173 g/mol. The first-order chi connectivity index (χ1) is 6.29. The molecule has 3 heteroatoms. The SMILES string of the molecule is Cn1n[c]cc1-c1ccccc1O. The van der Waals surface area contributed by atoms with E-state index in [0.717, 1.165) is 11.3 Å². The van der Waals surface area contributed by atoms with Crippen molar-refractivity contribution >= 4 is 0 Å². The van der Waals surface area contributed by atoms with Gasteiger partial charge in [-0.25, -0.2) is 0 Å². The van der Waals surface area contributed by atoms with Gasteiger partial charge in [0, 0.05) is 12.6 Å². The van der Waals surface area contributed by atoms with Gasteiger partial charge in [0.15, 0.2) is 0 Å². The molecule has 1 aromatic carbocycles. The topological polar surface area (TPSA) is 38.0 Å². The fraction of sp³-hybridized carbons (Fsp3) is 0.100. The summed E-state index contributed by atoms with van der Waals surface area (Å²) in [5, 5.41) is 13.5. The smallest absolute Gasteiger partial charge is 0.124 e. The van der Waals surface area contributed by atoms with Gasteiger partial charge in [-0.2, -0.15) is 5.10 Å². The normalized spacial score (nSPS) is 10.2. The summed E-state index contributed by atoms with van der Waals surface area (Å²) >= 11 is 0. The highest BCUT2D eigenvalue weighted by Gasteiger charge is 2.05. The Kier molecular flexibility index (Phi) is 1.77. The van der Waals surface area contributed by atoms with Crippen molar-refractivity contribution < 1.29 is 5.11 Å². The third kappa shape index (κ3) is 1.28. The van der Waals surface area contributed by atoms with Crippen LogP contribution in [0.15, 0.2) is 30.3 Å². The second kappa shape index (κ2) is 2.94. The quantitative estimate of drug-likeness (QED) is 0.711. The van der Waals surface area contributed by atoms with Crippen LogP contribution in [0.25, 0.3) is 11.3 Å². The molecule has 1 aromatic heterocycles. The van der Waals surface area contributed by atoms with E-state index in [1.165, 1.54) is 0 Å². The minimum Gasteiger partial charge on any atom is -0.507 e. The molecular formula is C10H9N2O. The molecule has 1 radical (unpaired) electrons. The summed E-state index contributed by atoms with van der Waals surface area (Å²) in [5.41, 5.74) is 1.64. The Morgan fingerprint density at radius 1 is 1.38 bits per heavy atom. The van der Waals surface area contributed by atoms with Crippen LogP contribution < -0.4 is 0 Å². The van der Waals surface area contributed by atoms with Crippen molar-refractivity contribution in [1.82, 2.24) is 9.78 Å². The molecule has 1 heterocycles. The molecule has 0 atom stereocenters. The van der Waals surface area contributed by atoms with E-state index < -0.39 is 0 Å². The van der Waals surface area contributed by atoms with Gasteiger partial charge in [-0.1, -0.05) is 12.1 Å². The third-order valence-corrected chi connectivity index (χ3v) is 1.94. The van der Waals surface area contributed by atoms with Crippen molar-refractivity contribution in [2.24, 2.45) is 7.05 Å². The molecular weight excluding hydrogens is 164 g/mol. The summed E-state index contributed by atoms with van der Waals surface area (Å²) in [4.78, 5) is 0. The summed E-state index contributed by atoms with van der Waals surface area (Å²) in [6.45, 7) is 0. The Morgan fingerprint density at radius 3 is 2.77 bits per heavy atom. The molecule has 0 fully saturated rings. The molecule has 0 aliphatic rings. The van der Waals surface area contributed by atoms with Gasteiger partial charge >= 0.3 is 0 Å². The van der Waals surface area contributed by atoms with Crippen molar-refractivity contribution in [3.05, 3.63) is 36.5 Å². The van der Waals surface area contributed by atoms with Gasteiger partial charge in [-0.15, -0.1) is 0 Å². The highest BCUT2D eigenvalue weighted by atomic mass is 16.3. The van der Waals surface area contributed by atoms with Crippen molar-refractivity contribution in [3.63, 3.8) is 0 Å². The first-order valence-electron chi connectivity index (χ1n) is 3.97. The highest BCUT2D eigenvalue weighted by Crippen LogP contribution is 2.27. The summed E-state index contributed by atoms with van der Waals surface area (Å²) in [7, 11) is 1.82. The number of aryl methyl sites for hydroxylation is 1. The zero-order valence-electron chi connectivity index (χ0n) is 7.23. The van der Waals surface area contributed by atoms with E-state index in [9.17, 15) is 5.11 Å². The average Bonchev–Trinajstić information content (AvgIpc) is 2.52. The van der Waals surface area contributed by atoms with Gasteiger partial charge in [0.25, 0.3) is 0 Å². The number of phenols is 1. The predicted octanol–water partition coefficient (Wildman–Crippen LogP) is 1.59. The lowest BCUT2D eigenvalue weighted by Crippen LogP contribution is -1.93. The van der Waals surface area contributed by atoms with Crippen LogP contribution in [0.3, 0.4) is 0 Å². The highest BCUT2D eigenvalue weighted by molar-refractivity contribution is 5.66. The number of aromatic nitrogens is 2. The van der Waals surface area contributed by atoms with E-state index in [1.807, 2.05) is 19.2 Å². The zero-order chi connectivity index (χ0) is 9.26. The Labute approximate surface area is 76.3 Å². The van der Waals surface area contributed by atoms with E-state index in [0.29, 0.717) is 0 Å². The molecule has 2 aromatic rings. The fourth-order valence-corrected chi connectivity index (χ4v) is 1.27. The molecule has 1 N–H and O–H groups in total. The lowest BCUT2D eigenvalue weighted by Gasteiger charge is -2.03. The van der Waals surface area contributed by atoms with Crippen molar-refractivity contribution in [2.45, 2.75) is 0 Å². The molecule has 0 bridgehead atoms. The van der Waals surface area contributed by atoms with Crippen LogP contribution in [-0.2, 0) is 7.05 Å². The number of rotatable bonds is 1. The first-order valence-corrected chi connectivity index (χ1v) is 3.97. The minimum absolute atomic E-state index is 0.263. The standard InChI is InChI=1S/C10H9N2O/c1-12-9(6-7-11-12)8-4-2-3-5-10(8)13/h2-6,13H,1H3. The number of nitrogens with zero attached hydrogens (tertiary/aromatic N) is 2. The van der Waals surface area contributed by atoms with Gasteiger partial charge in [0.1, 0.15) is 11.9 Å². The molecule has 65 valence electrons. The molecule has 0 unspecified atom stereocenters. The molecule has 0 saturated carbocycles. The lowest BCUT2D eigenvalue weighted by atomic mass is 10.1. The van der Waals surface area contributed by atoms with Crippen LogP contribution in [-0.4, -0.2) is 14.9 Å². The number of hydrogen-bond donors (Lipinski definition) is 1. The van der Waals surface area contributed by atoms with Crippen LogP contribution in [0, 0.1) is 6.20 Å². The zero-order valence-corrected chi connectivity index (χ0v) is 7.23. The van der Waals surface area contributed by atoms with Crippen molar-refractivity contribution in [3.8, 4) is 17.0 Å². The van der Waals surface area contributed by atoms with Crippen LogP contribution in [0.4, 0.5) is 0 Å². The van der Waals surface area contributed by atoms with Crippen molar-refractivity contribution in [2.75, 3.05) is 0 Å². The van der Waals surface area contributed by atoms with E-state index in [1.54, 1.807) is 22.9 Å². The van der Waals surface area contributed by atoms with Gasteiger partial charge in [-0.3, -0.25) is 4.68 Å². The first kappa shape index (κ1) is 7.86. The Morgan fingerprint density at radius 2 is 2.15 bits per heavy atom. The lowest BCUT2D eigenvalue weighted by molar-refractivity contribution is 0.476. The van der Waals surface area contributed by atoms with E-state index >= 15 is 0 Å². The maximum absolute atomic E-state index is 9.55. The molecule has 3 nitrogen and oxygen atoms in total. The Bertz CT molecular complexity index is 420. The second-order valence-electron chi connectivity index (χ2n) is 2.80.